The molecule has 0 radical (unpaired) electrons. The average Bonchev–Trinajstić information content (AvgIpc) is 1.88. The molecule has 0 bridgehead atoms. The van der Waals surface area contributed by atoms with Gasteiger partial charge in [-0.25, -0.2) is 0 Å². The molecule has 52 valence electrons. The Labute approximate surface area is 73.7 Å². The van der Waals surface area contributed by atoms with Crippen LogP contribution in [-0.4, -0.2) is 35.8 Å². The van der Waals surface area contributed by atoms with Crippen molar-refractivity contribution in [1.82, 2.24) is 0 Å². The van der Waals surface area contributed by atoms with E-state index in [1.807, 2.05) is 12.1 Å². The molecule has 0 saturated heterocycles. The molecule has 0 amide bonds. The molecule has 0 atom stereocenters. The van der Waals surface area contributed by atoms with Crippen molar-refractivity contribution in [2.24, 2.45) is 0 Å². The van der Waals surface area contributed by atoms with Crippen LogP contribution in [0.25, 0.3) is 0 Å². The third-order valence-corrected chi connectivity index (χ3v) is 2.65. The Morgan fingerprint density at radius 2 is 1.80 bits per heavy atom. The van der Waals surface area contributed by atoms with Gasteiger partial charge in [0.2, 0.25) is 0 Å². The summed E-state index contributed by atoms with van der Waals surface area (Å²) in [5.41, 5.74) is 0.365. The van der Waals surface area contributed by atoms with Crippen molar-refractivity contribution in [1.29, 1.82) is 0 Å². The van der Waals surface area contributed by atoms with Crippen molar-refractivity contribution in [3.8, 4) is 0 Å². The predicted octanol–water partition coefficient (Wildman–Crippen LogP) is -0.357. The summed E-state index contributed by atoms with van der Waals surface area (Å²) in [7, 11) is 0. The average molecular weight is 332 g/mol. The summed E-state index contributed by atoms with van der Waals surface area (Å²) in [4.78, 5) is 10.3. The first kappa shape index (κ1) is 7.68. The fraction of sp³-hybridized carbons (Fsp3) is 0. The molecular weight excluding hydrogens is 325 g/mol. The number of carbonyl (C=O) groups is 1. The predicted molar refractivity (Wildman–Crippen MR) is 41.6 cm³/mol. The van der Waals surface area contributed by atoms with E-state index in [1.165, 1.54) is 3.27 Å². The maximum absolute atomic E-state index is 10.3. The molecule has 0 saturated carbocycles. The molecule has 10 heavy (non-hydrogen) atoms. The third kappa shape index (κ3) is 1.78. The van der Waals surface area contributed by atoms with Crippen molar-refractivity contribution in [3.05, 3.63) is 29.8 Å². The summed E-state index contributed by atoms with van der Waals surface area (Å²) < 4.78 is 1.24. The summed E-state index contributed by atoms with van der Waals surface area (Å²) in [6.45, 7) is 0. The first-order valence-corrected chi connectivity index (χ1v) is 5.03. The Morgan fingerprint density at radius 3 is 2.20 bits per heavy atom. The normalized spacial score (nSPS) is 9.30. The van der Waals surface area contributed by atoms with Crippen LogP contribution in [0.2, 0.25) is 0 Å². The zero-order chi connectivity index (χ0) is 7.56. The van der Waals surface area contributed by atoms with E-state index in [9.17, 15) is 4.79 Å². The van der Waals surface area contributed by atoms with Crippen LogP contribution in [0.1, 0.15) is 10.4 Å². The zero-order valence-electron chi connectivity index (χ0n) is 5.24. The quantitative estimate of drug-likeness (QED) is 0.714. The zero-order valence-corrected chi connectivity index (χ0v) is 9.73. The van der Waals surface area contributed by atoms with Gasteiger partial charge in [-0.1, -0.05) is 0 Å². The summed E-state index contributed by atoms with van der Waals surface area (Å²) in [6, 6.07) is 6.98. The second kappa shape index (κ2) is 3.11. The van der Waals surface area contributed by atoms with Crippen molar-refractivity contribution >= 4 is 34.0 Å². The summed E-state index contributed by atoms with van der Waals surface area (Å²) >= 11 is 0.785. The van der Waals surface area contributed by atoms with Crippen molar-refractivity contribution in [2.45, 2.75) is 0 Å². The molecule has 1 N–H and O–H groups in total. The summed E-state index contributed by atoms with van der Waals surface area (Å²) in [5.74, 6) is -0.856. The van der Waals surface area contributed by atoms with E-state index in [0.717, 1.165) is 24.7 Å². The van der Waals surface area contributed by atoms with Gasteiger partial charge in [0, 0.05) is 0 Å². The first-order chi connectivity index (χ1) is 4.70. The molecule has 0 aliphatic carbocycles. The van der Waals surface area contributed by atoms with E-state index in [2.05, 4.69) is 0 Å². The number of carboxylic acids is 1. The Morgan fingerprint density at radius 1 is 1.30 bits per heavy atom. The number of hydrogen-bond acceptors (Lipinski definition) is 1. The van der Waals surface area contributed by atoms with E-state index < -0.39 is 5.97 Å². The Hall–Kier alpha value is -0.427. The summed E-state index contributed by atoms with van der Waals surface area (Å²) in [6.07, 6.45) is 0. The van der Waals surface area contributed by atoms with Crippen LogP contribution in [0.3, 0.4) is 0 Å². The SMILES string of the molecule is O=C(O)c1cc[c]([BiH2])cc1. The van der Waals surface area contributed by atoms with Gasteiger partial charge in [0.25, 0.3) is 0 Å². The van der Waals surface area contributed by atoms with E-state index in [-0.39, 0.29) is 0 Å². The van der Waals surface area contributed by atoms with Crippen LogP contribution < -0.4 is 3.27 Å². The molecule has 1 aromatic rings. The second-order valence-corrected chi connectivity index (χ2v) is 4.52. The third-order valence-electron chi connectivity index (χ3n) is 1.16. The molecule has 1 rings (SSSR count). The number of hydrogen-bond donors (Lipinski definition) is 1. The molecule has 0 aliphatic heterocycles. The fourth-order valence-corrected chi connectivity index (χ4v) is 1.37. The first-order valence-electron chi connectivity index (χ1n) is 2.79. The maximum atomic E-state index is 10.3. The van der Waals surface area contributed by atoms with Gasteiger partial charge in [-0.05, 0) is 0 Å². The molecule has 0 aromatic heterocycles. The molecule has 3 heteroatoms. The van der Waals surface area contributed by atoms with Gasteiger partial charge >= 0.3 is 73.7 Å². The molecule has 2 nitrogen and oxygen atoms in total. The standard InChI is InChI=1S/C7H5O2.Bi.2H/c8-7(9)6-4-2-1-3-5-6;;;/h2-5H,(H,8,9);;;. The van der Waals surface area contributed by atoms with Crippen molar-refractivity contribution in [2.75, 3.05) is 0 Å². The Kier molecular flexibility index (Phi) is 2.39. The van der Waals surface area contributed by atoms with Crippen LogP contribution >= 0.6 is 0 Å². The fourth-order valence-electron chi connectivity index (χ4n) is 0.626. The van der Waals surface area contributed by atoms with Crippen LogP contribution in [-0.2, 0) is 0 Å². The van der Waals surface area contributed by atoms with Gasteiger partial charge in [0.05, 0.1) is 0 Å². The number of benzene rings is 1. The van der Waals surface area contributed by atoms with E-state index in [4.69, 9.17) is 5.11 Å². The molecule has 0 fully saturated rings. The topological polar surface area (TPSA) is 37.3 Å². The van der Waals surface area contributed by atoms with E-state index >= 15 is 0 Å². The van der Waals surface area contributed by atoms with Crippen molar-refractivity contribution in [3.63, 3.8) is 0 Å². The van der Waals surface area contributed by atoms with Crippen molar-refractivity contribution < 1.29 is 9.90 Å². The van der Waals surface area contributed by atoms with Gasteiger partial charge in [0.1, 0.15) is 0 Å². The molecule has 0 heterocycles. The van der Waals surface area contributed by atoms with Crippen LogP contribution in [0, 0.1) is 0 Å². The van der Waals surface area contributed by atoms with E-state index in [0.29, 0.717) is 5.56 Å². The van der Waals surface area contributed by atoms with Crippen LogP contribution in [0.15, 0.2) is 24.3 Å². The van der Waals surface area contributed by atoms with Crippen LogP contribution in [0.4, 0.5) is 0 Å². The van der Waals surface area contributed by atoms with Crippen LogP contribution in [0.5, 0.6) is 0 Å². The van der Waals surface area contributed by atoms with Gasteiger partial charge in [-0.15, -0.1) is 0 Å². The van der Waals surface area contributed by atoms with Gasteiger partial charge in [-0.2, -0.15) is 0 Å². The minimum atomic E-state index is -0.856. The number of rotatable bonds is 1. The number of carboxylic acid groups (broad SMARTS) is 1. The van der Waals surface area contributed by atoms with Gasteiger partial charge < -0.3 is 0 Å². The molecular formula is C7H7BiO2. The Bertz CT molecular complexity index is 240. The Balaban J connectivity index is 3.00. The monoisotopic (exact) mass is 332 g/mol. The van der Waals surface area contributed by atoms with Gasteiger partial charge in [-0.3, -0.25) is 0 Å². The van der Waals surface area contributed by atoms with Gasteiger partial charge in [0.15, 0.2) is 0 Å². The molecule has 0 unspecified atom stereocenters. The number of aromatic carboxylic acids is 1. The van der Waals surface area contributed by atoms with E-state index in [1.54, 1.807) is 12.1 Å². The second-order valence-electron chi connectivity index (χ2n) is 1.93. The molecule has 0 aliphatic rings. The molecule has 0 spiro atoms. The summed E-state index contributed by atoms with van der Waals surface area (Å²) in [5, 5.41) is 8.49. The minimum absolute atomic E-state index is 0.365. The molecule has 1 aromatic carbocycles.